The van der Waals surface area contributed by atoms with Gasteiger partial charge in [0, 0.05) is 14.2 Å². The van der Waals surface area contributed by atoms with Gasteiger partial charge in [0.15, 0.2) is 6.10 Å². The average Bonchev–Trinajstić information content (AvgIpc) is 2.01. The Kier molecular flexibility index (Phi) is 3.77. The zero-order chi connectivity index (χ0) is 8.20. The molecule has 0 aromatic carbocycles. The van der Waals surface area contributed by atoms with E-state index in [1.807, 2.05) is 0 Å². The van der Waals surface area contributed by atoms with Crippen LogP contribution < -0.4 is 0 Å². The van der Waals surface area contributed by atoms with Crippen LogP contribution in [0.15, 0.2) is 0 Å². The van der Waals surface area contributed by atoms with E-state index in [0.29, 0.717) is 0 Å². The molecule has 1 atom stereocenters. The number of rotatable bonds is 4. The predicted molar refractivity (Wildman–Crippen MR) is 30.5 cm³/mol. The van der Waals surface area contributed by atoms with Gasteiger partial charge in [-0.05, 0) is 0 Å². The molecule has 5 nitrogen and oxygen atoms in total. The fourth-order valence-corrected chi connectivity index (χ4v) is 0.467. The summed E-state index contributed by atoms with van der Waals surface area (Å²) in [4.78, 5) is 0. The highest BCUT2D eigenvalue weighted by molar-refractivity contribution is 4.63. The second kappa shape index (κ2) is 3.85. The maximum Gasteiger partial charge on any atom is 0.340 e. The maximum absolute atomic E-state index is 10.9. The lowest BCUT2D eigenvalue weighted by Gasteiger charge is -2.25. The molecule has 10 heavy (non-hydrogen) atoms. The molecule has 1 unspecified atom stereocenters. The van der Waals surface area contributed by atoms with Crippen LogP contribution >= 0.6 is 0 Å². The summed E-state index contributed by atoms with van der Waals surface area (Å²) in [6, 6.07) is 0. The van der Waals surface area contributed by atoms with Gasteiger partial charge in [-0.1, -0.05) is 0 Å². The number of methoxy groups -OCH3 is 2. The van der Waals surface area contributed by atoms with Crippen molar-refractivity contribution in [2.45, 2.75) is 12.1 Å². The molecule has 2 N–H and O–H groups in total. The van der Waals surface area contributed by atoms with Gasteiger partial charge in [0.1, 0.15) is 0 Å². The maximum atomic E-state index is 10.9. The third-order valence-electron chi connectivity index (χ3n) is 1.15. The number of ether oxygens (including phenoxy) is 2. The largest absolute Gasteiger partial charge is 0.393 e. The molecule has 0 aromatic heterocycles. The van der Waals surface area contributed by atoms with Crippen molar-refractivity contribution in [2.24, 2.45) is 0 Å². The van der Waals surface area contributed by atoms with Gasteiger partial charge in [0.25, 0.3) is 0 Å². The van der Waals surface area contributed by atoms with Crippen LogP contribution in [0.4, 0.5) is 0 Å². The minimum Gasteiger partial charge on any atom is -0.393 e. The van der Waals surface area contributed by atoms with Crippen molar-refractivity contribution in [2.75, 3.05) is 20.8 Å². The molecule has 0 heterocycles. The molecule has 0 saturated carbocycles. The molecular weight excluding hydrogens is 140 g/mol. The molecule has 5 heteroatoms. The first-order chi connectivity index (χ1) is 4.60. The van der Waals surface area contributed by atoms with Gasteiger partial charge in [0.2, 0.25) is 0 Å². The van der Waals surface area contributed by atoms with E-state index in [1.54, 1.807) is 0 Å². The lowest BCUT2D eigenvalue weighted by molar-refractivity contribution is -0.407. The van der Waals surface area contributed by atoms with Gasteiger partial charge >= 0.3 is 5.97 Å². The summed E-state index contributed by atoms with van der Waals surface area (Å²) in [5, 5.41) is 28.0. The molecule has 0 aliphatic carbocycles. The summed E-state index contributed by atoms with van der Waals surface area (Å²) in [5.74, 6) is -2.35. The normalized spacial score (nSPS) is 15.3. The van der Waals surface area contributed by atoms with Crippen molar-refractivity contribution >= 4 is 0 Å². The second-order valence-electron chi connectivity index (χ2n) is 1.71. The number of hydrogen-bond donors (Lipinski definition) is 2. The molecule has 0 amide bonds. The van der Waals surface area contributed by atoms with Gasteiger partial charge < -0.3 is 19.7 Å². The summed E-state index contributed by atoms with van der Waals surface area (Å²) < 4.78 is 8.50. The van der Waals surface area contributed by atoms with E-state index in [-0.39, 0.29) is 0 Å². The first-order valence-electron chi connectivity index (χ1n) is 2.70. The Morgan fingerprint density at radius 2 is 1.90 bits per heavy atom. The first kappa shape index (κ1) is 9.80. The Labute approximate surface area is 58.8 Å². The molecule has 0 saturated heterocycles. The van der Waals surface area contributed by atoms with E-state index in [9.17, 15) is 5.11 Å². The topological polar surface area (TPSA) is 78.8 Å². The van der Waals surface area contributed by atoms with Gasteiger partial charge in [-0.15, -0.1) is 0 Å². The summed E-state index contributed by atoms with van der Waals surface area (Å²) >= 11 is 0. The Hall–Kier alpha value is -0.200. The standard InChI is InChI=1S/C5H11O5/c1-9-5(8,10-2)4(7)3-6/h4,6-7H,3H2,1-2H3. The third kappa shape index (κ3) is 1.89. The molecule has 1 radical (unpaired) electrons. The summed E-state index contributed by atoms with van der Waals surface area (Å²) in [6.45, 7) is -0.689. The second-order valence-corrected chi connectivity index (χ2v) is 1.71. The van der Waals surface area contributed by atoms with Crippen LogP contribution in [0.2, 0.25) is 0 Å². The van der Waals surface area contributed by atoms with Crippen molar-refractivity contribution < 1.29 is 24.8 Å². The van der Waals surface area contributed by atoms with Crippen LogP contribution in [0, 0.1) is 0 Å². The van der Waals surface area contributed by atoms with E-state index in [2.05, 4.69) is 9.47 Å². The first-order valence-corrected chi connectivity index (χ1v) is 2.70. The fraction of sp³-hybridized carbons (Fsp3) is 1.00. The molecule has 0 aliphatic rings. The van der Waals surface area contributed by atoms with E-state index >= 15 is 0 Å². The Balaban J connectivity index is 4.02. The molecule has 61 valence electrons. The van der Waals surface area contributed by atoms with Crippen LogP contribution in [-0.4, -0.2) is 43.1 Å². The monoisotopic (exact) mass is 151 g/mol. The lowest BCUT2D eigenvalue weighted by atomic mass is 10.3. The van der Waals surface area contributed by atoms with Crippen LogP contribution in [0.25, 0.3) is 0 Å². The molecule has 0 spiro atoms. The van der Waals surface area contributed by atoms with Crippen molar-refractivity contribution in [3.8, 4) is 0 Å². The highest BCUT2D eigenvalue weighted by Crippen LogP contribution is 2.12. The van der Waals surface area contributed by atoms with Crippen LogP contribution in [0.3, 0.4) is 0 Å². The van der Waals surface area contributed by atoms with Crippen molar-refractivity contribution in [1.82, 2.24) is 0 Å². The van der Waals surface area contributed by atoms with Gasteiger partial charge in [-0.3, -0.25) is 0 Å². The van der Waals surface area contributed by atoms with E-state index in [0.717, 1.165) is 14.2 Å². The van der Waals surface area contributed by atoms with Crippen molar-refractivity contribution in [1.29, 1.82) is 0 Å². The van der Waals surface area contributed by atoms with Crippen LogP contribution in [-0.2, 0) is 14.6 Å². The average molecular weight is 151 g/mol. The molecule has 0 rings (SSSR count). The summed E-state index contributed by atoms with van der Waals surface area (Å²) in [6.07, 6.45) is -1.57. The third-order valence-corrected chi connectivity index (χ3v) is 1.15. The number of aliphatic hydroxyl groups is 2. The Morgan fingerprint density at radius 1 is 1.50 bits per heavy atom. The van der Waals surface area contributed by atoms with E-state index < -0.39 is 18.7 Å². The zero-order valence-electron chi connectivity index (χ0n) is 5.90. The van der Waals surface area contributed by atoms with Crippen molar-refractivity contribution in [3.05, 3.63) is 0 Å². The molecule has 0 fully saturated rings. The molecular formula is C5H11O5. The Morgan fingerprint density at radius 3 is 2.00 bits per heavy atom. The highest BCUT2D eigenvalue weighted by atomic mass is 16.8. The number of aliphatic hydroxyl groups excluding tert-OH is 2. The van der Waals surface area contributed by atoms with Crippen LogP contribution in [0.1, 0.15) is 0 Å². The number of hydrogen-bond acceptors (Lipinski definition) is 4. The van der Waals surface area contributed by atoms with Gasteiger partial charge in [-0.25, -0.2) is 0 Å². The minimum atomic E-state index is -2.35. The van der Waals surface area contributed by atoms with E-state index in [1.165, 1.54) is 0 Å². The molecule has 0 aromatic rings. The smallest absolute Gasteiger partial charge is 0.340 e. The summed E-state index contributed by atoms with van der Waals surface area (Å²) in [7, 11) is 2.19. The van der Waals surface area contributed by atoms with E-state index in [4.69, 9.17) is 10.2 Å². The zero-order valence-corrected chi connectivity index (χ0v) is 5.90. The Bertz CT molecular complexity index is 90.0. The van der Waals surface area contributed by atoms with Gasteiger partial charge in [-0.2, -0.15) is 5.11 Å². The highest BCUT2D eigenvalue weighted by Gasteiger charge is 2.37. The van der Waals surface area contributed by atoms with Gasteiger partial charge in [0.05, 0.1) is 6.61 Å². The predicted octanol–water partition coefficient (Wildman–Crippen LogP) is -1.28. The quantitative estimate of drug-likeness (QED) is 0.490. The van der Waals surface area contributed by atoms with Crippen LogP contribution in [0.5, 0.6) is 0 Å². The SMILES string of the molecule is COC([O])(OC)C(O)CO. The van der Waals surface area contributed by atoms with Crippen molar-refractivity contribution in [3.63, 3.8) is 0 Å². The summed E-state index contributed by atoms with van der Waals surface area (Å²) in [5.41, 5.74) is 0. The fourth-order valence-electron chi connectivity index (χ4n) is 0.467. The minimum absolute atomic E-state index is 0.689. The molecule has 0 bridgehead atoms. The molecule has 0 aliphatic heterocycles. The lowest BCUT2D eigenvalue weighted by Crippen LogP contribution is -2.46.